The molecule has 0 fully saturated rings. The van der Waals surface area contributed by atoms with Crippen LogP contribution in [0.3, 0.4) is 0 Å². The van der Waals surface area contributed by atoms with Crippen molar-refractivity contribution in [2.24, 2.45) is 0 Å². The van der Waals surface area contributed by atoms with Gasteiger partial charge in [0.1, 0.15) is 0 Å². The van der Waals surface area contributed by atoms with Crippen molar-refractivity contribution in [2.45, 2.75) is 24.7 Å². The Hall–Kier alpha value is -6.70. The van der Waals surface area contributed by atoms with Crippen molar-refractivity contribution in [1.29, 1.82) is 0 Å². The van der Waals surface area contributed by atoms with Crippen molar-refractivity contribution in [3.8, 4) is 22.3 Å². The average molecular weight is 702 g/mol. The molecule has 0 aromatic heterocycles. The first-order chi connectivity index (χ1) is 27.0. The zero-order chi connectivity index (χ0) is 36.7. The van der Waals surface area contributed by atoms with Crippen LogP contribution in [-0.2, 0) is 10.8 Å². The molecule has 0 unspecified atom stereocenters. The van der Waals surface area contributed by atoms with Gasteiger partial charge in [-0.05, 0) is 114 Å². The van der Waals surface area contributed by atoms with E-state index in [9.17, 15) is 0 Å². The molecule has 9 aromatic carbocycles. The number of benzene rings is 9. The molecule has 260 valence electrons. The molecule has 0 saturated carbocycles. The fourth-order valence-electron chi connectivity index (χ4n) is 9.99. The third-order valence-electron chi connectivity index (χ3n) is 12.5. The highest BCUT2D eigenvalue weighted by atomic mass is 15.1. The maximum atomic E-state index is 2.45. The molecule has 0 N–H and O–H groups in total. The fourth-order valence-corrected chi connectivity index (χ4v) is 9.99. The second kappa shape index (κ2) is 11.9. The van der Waals surface area contributed by atoms with E-state index in [0.717, 1.165) is 17.1 Å². The highest BCUT2D eigenvalue weighted by Crippen LogP contribution is 2.56. The lowest BCUT2D eigenvalue weighted by atomic mass is 9.68. The number of hydrogen-bond acceptors (Lipinski definition) is 1. The largest absolute Gasteiger partial charge is 0.310 e. The molecule has 0 saturated heterocycles. The van der Waals surface area contributed by atoms with Crippen LogP contribution in [0, 0.1) is 0 Å². The van der Waals surface area contributed by atoms with E-state index >= 15 is 0 Å². The Morgan fingerprint density at radius 2 is 0.818 bits per heavy atom. The lowest BCUT2D eigenvalue weighted by Gasteiger charge is -2.34. The van der Waals surface area contributed by atoms with Crippen LogP contribution in [0.2, 0.25) is 0 Å². The number of nitrogens with zero attached hydrogens (tertiary/aromatic N) is 1. The Balaban J connectivity index is 1.12. The second-order valence-corrected chi connectivity index (χ2v) is 15.7. The average Bonchev–Trinajstić information content (AvgIpc) is 3.67. The summed E-state index contributed by atoms with van der Waals surface area (Å²) in [4.78, 5) is 2.45. The van der Waals surface area contributed by atoms with Crippen molar-refractivity contribution in [3.63, 3.8) is 0 Å². The summed E-state index contributed by atoms with van der Waals surface area (Å²) >= 11 is 0. The molecule has 0 spiro atoms. The molecule has 0 radical (unpaired) electrons. The first-order valence-corrected chi connectivity index (χ1v) is 19.3. The van der Waals surface area contributed by atoms with Gasteiger partial charge in [-0.3, -0.25) is 0 Å². The Bertz CT molecular complexity index is 2910. The van der Waals surface area contributed by atoms with E-state index in [-0.39, 0.29) is 5.41 Å². The van der Waals surface area contributed by atoms with Crippen LogP contribution in [0.25, 0.3) is 43.8 Å². The normalized spacial score (nSPS) is 14.3. The maximum absolute atomic E-state index is 2.45. The third-order valence-corrected chi connectivity index (χ3v) is 12.5. The molecule has 0 aliphatic heterocycles. The van der Waals surface area contributed by atoms with Gasteiger partial charge < -0.3 is 4.90 Å². The molecular formula is C54H39N. The van der Waals surface area contributed by atoms with Gasteiger partial charge in [-0.1, -0.05) is 178 Å². The summed E-state index contributed by atoms with van der Waals surface area (Å²) in [7, 11) is 0. The van der Waals surface area contributed by atoms with Gasteiger partial charge in [0, 0.05) is 22.5 Å². The number of rotatable bonds is 5. The summed E-state index contributed by atoms with van der Waals surface area (Å²) in [5.41, 5.74) is 16.1. The quantitative estimate of drug-likeness (QED) is 0.162. The monoisotopic (exact) mass is 701 g/mol. The SMILES string of the molecule is CC1(C)c2ccccc2-c2ccc(N(c3ccc(C4(c5ccccc5)c5ccccc5-c5ccccc54)cc3)c3ccc4c(ccc5ccccc54)c3)cc21. The van der Waals surface area contributed by atoms with Gasteiger partial charge in [0.25, 0.3) is 0 Å². The van der Waals surface area contributed by atoms with Gasteiger partial charge in [0.15, 0.2) is 0 Å². The van der Waals surface area contributed by atoms with Crippen LogP contribution >= 0.6 is 0 Å². The minimum absolute atomic E-state index is 0.106. The molecular weight excluding hydrogens is 663 g/mol. The fraction of sp³-hybridized carbons (Fsp3) is 0.0741. The Morgan fingerprint density at radius 3 is 1.55 bits per heavy atom. The van der Waals surface area contributed by atoms with Gasteiger partial charge in [-0.15, -0.1) is 0 Å². The predicted molar refractivity (Wildman–Crippen MR) is 231 cm³/mol. The molecule has 11 rings (SSSR count). The van der Waals surface area contributed by atoms with E-state index in [1.54, 1.807) is 0 Å². The molecule has 0 atom stereocenters. The van der Waals surface area contributed by atoms with Crippen molar-refractivity contribution >= 4 is 38.6 Å². The zero-order valence-electron chi connectivity index (χ0n) is 31.0. The van der Waals surface area contributed by atoms with Crippen LogP contribution in [-0.4, -0.2) is 0 Å². The van der Waals surface area contributed by atoms with Crippen LogP contribution in [0.5, 0.6) is 0 Å². The van der Waals surface area contributed by atoms with Gasteiger partial charge in [-0.25, -0.2) is 0 Å². The molecule has 9 aromatic rings. The van der Waals surface area contributed by atoms with Crippen LogP contribution in [0.4, 0.5) is 17.1 Å². The first-order valence-electron chi connectivity index (χ1n) is 19.3. The molecule has 1 nitrogen and oxygen atoms in total. The van der Waals surface area contributed by atoms with Gasteiger partial charge in [0.05, 0.1) is 5.41 Å². The molecule has 0 amide bonds. The van der Waals surface area contributed by atoms with Gasteiger partial charge in [0.2, 0.25) is 0 Å². The Kier molecular flexibility index (Phi) is 6.88. The summed E-state index contributed by atoms with van der Waals surface area (Å²) in [6.45, 7) is 4.73. The second-order valence-electron chi connectivity index (χ2n) is 15.7. The molecule has 0 heterocycles. The lowest BCUT2D eigenvalue weighted by molar-refractivity contribution is 0.660. The minimum atomic E-state index is -0.439. The van der Waals surface area contributed by atoms with Crippen molar-refractivity contribution in [3.05, 3.63) is 234 Å². The van der Waals surface area contributed by atoms with Crippen molar-refractivity contribution < 1.29 is 0 Å². The van der Waals surface area contributed by atoms with Crippen LogP contribution in [0.1, 0.15) is 47.2 Å². The van der Waals surface area contributed by atoms with E-state index in [0.29, 0.717) is 0 Å². The molecule has 55 heavy (non-hydrogen) atoms. The summed E-state index contributed by atoms with van der Waals surface area (Å²) in [6.07, 6.45) is 0. The molecule has 0 bridgehead atoms. The van der Waals surface area contributed by atoms with E-state index in [4.69, 9.17) is 0 Å². The summed E-state index contributed by atoms with van der Waals surface area (Å²) < 4.78 is 0. The number of anilines is 3. The molecule has 2 aliphatic rings. The highest BCUT2D eigenvalue weighted by molar-refractivity contribution is 6.08. The number of hydrogen-bond donors (Lipinski definition) is 0. The maximum Gasteiger partial charge on any atom is 0.0713 e. The van der Waals surface area contributed by atoms with E-state index in [1.165, 1.54) is 77.2 Å². The van der Waals surface area contributed by atoms with Crippen LogP contribution < -0.4 is 4.90 Å². The minimum Gasteiger partial charge on any atom is -0.310 e. The Labute approximate surface area is 322 Å². The van der Waals surface area contributed by atoms with Crippen molar-refractivity contribution in [1.82, 2.24) is 0 Å². The van der Waals surface area contributed by atoms with Crippen LogP contribution in [0.15, 0.2) is 200 Å². The molecule has 1 heteroatoms. The van der Waals surface area contributed by atoms with E-state index < -0.39 is 5.41 Å². The van der Waals surface area contributed by atoms with E-state index in [2.05, 4.69) is 219 Å². The predicted octanol–water partition coefficient (Wildman–Crippen LogP) is 14.1. The first kappa shape index (κ1) is 31.8. The standard InChI is InChI=1S/C54H39N/c1-53(2)49-21-11-8-18-45(49)48-33-31-42(35-52(48)53)55(41-30-32-44-37(34-41)25-24-36-14-6-7-17-43(36)44)40-28-26-39(27-29-40)54(38-15-4-3-5-16-38)50-22-12-9-19-46(50)47-20-10-13-23-51(47)54/h3-35H,1-2H3. The van der Waals surface area contributed by atoms with E-state index in [1.807, 2.05) is 0 Å². The van der Waals surface area contributed by atoms with Crippen molar-refractivity contribution in [2.75, 3.05) is 4.90 Å². The van der Waals surface area contributed by atoms with Gasteiger partial charge >= 0.3 is 0 Å². The summed E-state index contributed by atoms with van der Waals surface area (Å²) in [5.74, 6) is 0. The smallest absolute Gasteiger partial charge is 0.0713 e. The molecule has 2 aliphatic carbocycles. The number of fused-ring (bicyclic) bond motifs is 9. The third kappa shape index (κ3) is 4.53. The lowest BCUT2D eigenvalue weighted by Crippen LogP contribution is -2.28. The van der Waals surface area contributed by atoms with Gasteiger partial charge in [-0.2, -0.15) is 0 Å². The zero-order valence-corrected chi connectivity index (χ0v) is 31.0. The Morgan fingerprint density at radius 1 is 0.327 bits per heavy atom. The highest BCUT2D eigenvalue weighted by Gasteiger charge is 2.46. The topological polar surface area (TPSA) is 3.24 Å². The summed E-state index contributed by atoms with van der Waals surface area (Å²) in [6, 6.07) is 74.5. The summed E-state index contributed by atoms with van der Waals surface area (Å²) in [5, 5.41) is 5.04.